The third-order valence-electron chi connectivity index (χ3n) is 4.74. The van der Waals surface area contributed by atoms with Crippen molar-refractivity contribution >= 4 is 41.3 Å². The van der Waals surface area contributed by atoms with Crippen LogP contribution in [-0.4, -0.2) is 43.6 Å². The van der Waals surface area contributed by atoms with Crippen molar-refractivity contribution in [3.8, 4) is 5.75 Å². The van der Waals surface area contributed by atoms with Gasteiger partial charge in [-0.15, -0.1) is 35.3 Å². The highest BCUT2D eigenvalue weighted by Gasteiger charge is 2.22. The van der Waals surface area contributed by atoms with Gasteiger partial charge in [0.2, 0.25) is 0 Å². The van der Waals surface area contributed by atoms with Crippen LogP contribution in [-0.2, 0) is 6.42 Å². The molecule has 1 saturated heterocycles. The lowest BCUT2D eigenvalue weighted by Gasteiger charge is -2.34. The van der Waals surface area contributed by atoms with Gasteiger partial charge >= 0.3 is 0 Å². The van der Waals surface area contributed by atoms with Gasteiger partial charge in [-0.3, -0.25) is 4.99 Å². The van der Waals surface area contributed by atoms with Gasteiger partial charge in [-0.1, -0.05) is 31.2 Å². The van der Waals surface area contributed by atoms with Gasteiger partial charge in [0.1, 0.15) is 11.9 Å². The zero-order chi connectivity index (χ0) is 18.2. The Labute approximate surface area is 184 Å². The zero-order valence-electron chi connectivity index (χ0n) is 16.1. The molecule has 0 bridgehead atoms. The molecule has 0 spiro atoms. The van der Waals surface area contributed by atoms with E-state index in [1.807, 2.05) is 48.7 Å². The number of para-hydroxylation sites is 1. The maximum atomic E-state index is 6.09. The van der Waals surface area contributed by atoms with Crippen LogP contribution >= 0.6 is 35.3 Å². The molecule has 27 heavy (non-hydrogen) atoms. The summed E-state index contributed by atoms with van der Waals surface area (Å²) in [4.78, 5) is 8.28. The van der Waals surface area contributed by atoms with E-state index in [0.717, 1.165) is 50.6 Å². The number of piperidine rings is 1. The molecule has 148 valence electrons. The third-order valence-corrected chi connectivity index (χ3v) is 5.64. The smallest absolute Gasteiger partial charge is 0.193 e. The molecular formula is C21H30IN3OS. The van der Waals surface area contributed by atoms with Crippen LogP contribution in [0.1, 0.15) is 24.6 Å². The topological polar surface area (TPSA) is 36.9 Å². The minimum atomic E-state index is 0. The number of nitrogens with zero attached hydrogens (tertiary/aromatic N) is 2. The molecule has 1 aromatic carbocycles. The number of thiophene rings is 1. The molecule has 1 aliphatic heterocycles. The lowest BCUT2D eigenvalue weighted by atomic mass is 10.1. The van der Waals surface area contributed by atoms with Gasteiger partial charge in [-0.25, -0.2) is 0 Å². The van der Waals surface area contributed by atoms with E-state index in [1.54, 1.807) is 0 Å². The zero-order valence-corrected chi connectivity index (χ0v) is 19.3. The molecule has 0 amide bonds. The summed E-state index contributed by atoms with van der Waals surface area (Å²) >= 11 is 1.84. The summed E-state index contributed by atoms with van der Waals surface area (Å²) < 4.78 is 6.09. The van der Waals surface area contributed by atoms with Crippen LogP contribution in [0.3, 0.4) is 0 Å². The van der Waals surface area contributed by atoms with Gasteiger partial charge in [-0.05, 0) is 35.9 Å². The van der Waals surface area contributed by atoms with Gasteiger partial charge in [0.05, 0.1) is 0 Å². The maximum absolute atomic E-state index is 6.09. The molecule has 1 unspecified atom stereocenters. The lowest BCUT2D eigenvalue weighted by molar-refractivity contribution is 0.129. The van der Waals surface area contributed by atoms with E-state index >= 15 is 0 Å². The van der Waals surface area contributed by atoms with Crippen molar-refractivity contribution in [1.82, 2.24) is 10.2 Å². The second kappa shape index (κ2) is 11.5. The summed E-state index contributed by atoms with van der Waals surface area (Å²) in [6.07, 6.45) is 3.47. The van der Waals surface area contributed by atoms with E-state index in [4.69, 9.17) is 4.74 Å². The number of likely N-dealkylation sites (tertiary alicyclic amines) is 1. The number of ether oxygens (including phenoxy) is 1. The molecule has 6 heteroatoms. The van der Waals surface area contributed by atoms with E-state index in [-0.39, 0.29) is 24.0 Å². The van der Waals surface area contributed by atoms with Gasteiger partial charge < -0.3 is 15.0 Å². The molecule has 1 aliphatic rings. The first kappa shape index (κ1) is 22.0. The normalized spacial score (nSPS) is 16.5. The van der Waals surface area contributed by atoms with Crippen molar-refractivity contribution in [2.45, 2.75) is 32.3 Å². The van der Waals surface area contributed by atoms with E-state index < -0.39 is 0 Å². The quantitative estimate of drug-likeness (QED) is 0.357. The molecule has 4 nitrogen and oxygen atoms in total. The SMILES string of the molecule is CN=C(NCC(C)Cc1cccs1)N1CCC(Oc2ccccc2)CC1.I. The van der Waals surface area contributed by atoms with E-state index in [0.29, 0.717) is 12.0 Å². The number of hydrogen-bond acceptors (Lipinski definition) is 3. The Morgan fingerprint density at radius 3 is 2.59 bits per heavy atom. The Balaban J connectivity index is 0.00000261. The van der Waals surface area contributed by atoms with Crippen LogP contribution in [0.2, 0.25) is 0 Å². The highest BCUT2D eigenvalue weighted by molar-refractivity contribution is 14.0. The second-order valence-electron chi connectivity index (χ2n) is 6.93. The summed E-state index contributed by atoms with van der Waals surface area (Å²) in [5.74, 6) is 2.57. The predicted molar refractivity (Wildman–Crippen MR) is 126 cm³/mol. The van der Waals surface area contributed by atoms with Crippen LogP contribution in [0.4, 0.5) is 0 Å². The Hall–Kier alpha value is -1.28. The molecule has 1 aromatic heterocycles. The molecule has 1 atom stereocenters. The molecular weight excluding hydrogens is 469 g/mol. The molecule has 2 heterocycles. The van der Waals surface area contributed by atoms with Crippen molar-refractivity contribution < 1.29 is 4.74 Å². The number of halogens is 1. The molecule has 0 radical (unpaired) electrons. The average Bonchev–Trinajstić information content (AvgIpc) is 3.17. The van der Waals surface area contributed by atoms with Crippen LogP contribution in [0.5, 0.6) is 5.75 Å². The van der Waals surface area contributed by atoms with Gasteiger partial charge in [-0.2, -0.15) is 0 Å². The summed E-state index contributed by atoms with van der Waals surface area (Å²) in [5.41, 5.74) is 0. The monoisotopic (exact) mass is 499 g/mol. The molecule has 0 aliphatic carbocycles. The Morgan fingerprint density at radius 2 is 1.96 bits per heavy atom. The van der Waals surface area contributed by atoms with Gasteiger partial charge in [0.15, 0.2) is 5.96 Å². The lowest BCUT2D eigenvalue weighted by Crippen LogP contribution is -2.48. The number of rotatable bonds is 6. The van der Waals surface area contributed by atoms with E-state index in [2.05, 4.69) is 39.6 Å². The highest BCUT2D eigenvalue weighted by atomic mass is 127. The largest absolute Gasteiger partial charge is 0.490 e. The molecule has 2 aromatic rings. The minimum Gasteiger partial charge on any atom is -0.490 e. The first-order valence-corrected chi connectivity index (χ1v) is 10.3. The van der Waals surface area contributed by atoms with Crippen LogP contribution in [0.15, 0.2) is 52.8 Å². The van der Waals surface area contributed by atoms with E-state index in [1.165, 1.54) is 4.88 Å². The van der Waals surface area contributed by atoms with Crippen LogP contribution in [0.25, 0.3) is 0 Å². The second-order valence-corrected chi connectivity index (χ2v) is 7.97. The van der Waals surface area contributed by atoms with Crippen LogP contribution < -0.4 is 10.1 Å². The summed E-state index contributed by atoms with van der Waals surface area (Å²) in [5, 5.41) is 5.70. The summed E-state index contributed by atoms with van der Waals surface area (Å²) in [6.45, 7) is 5.21. The fraction of sp³-hybridized carbons (Fsp3) is 0.476. The summed E-state index contributed by atoms with van der Waals surface area (Å²) in [6, 6.07) is 14.5. The highest BCUT2D eigenvalue weighted by Crippen LogP contribution is 2.19. The van der Waals surface area contributed by atoms with Gasteiger partial charge in [0.25, 0.3) is 0 Å². The maximum Gasteiger partial charge on any atom is 0.193 e. The Bertz CT molecular complexity index is 670. The van der Waals surface area contributed by atoms with E-state index in [9.17, 15) is 0 Å². The van der Waals surface area contributed by atoms with Crippen molar-refractivity contribution in [2.24, 2.45) is 10.9 Å². The first-order chi connectivity index (χ1) is 12.7. The number of nitrogens with one attached hydrogen (secondary N) is 1. The van der Waals surface area contributed by atoms with Crippen LogP contribution in [0, 0.1) is 5.92 Å². The third kappa shape index (κ3) is 6.99. The number of benzene rings is 1. The number of guanidine groups is 1. The average molecular weight is 499 g/mol. The first-order valence-electron chi connectivity index (χ1n) is 9.44. The fourth-order valence-electron chi connectivity index (χ4n) is 3.32. The minimum absolute atomic E-state index is 0. The van der Waals surface area contributed by atoms with Crippen molar-refractivity contribution in [1.29, 1.82) is 0 Å². The fourth-order valence-corrected chi connectivity index (χ4v) is 4.19. The predicted octanol–water partition coefficient (Wildman–Crippen LogP) is 4.66. The standard InChI is InChI=1S/C21H29N3OS.HI/c1-17(15-20-9-6-14-26-20)16-23-21(22-2)24-12-10-19(11-13-24)25-18-7-4-3-5-8-18;/h3-9,14,17,19H,10-13,15-16H2,1-2H3,(H,22,23);1H. The van der Waals surface area contributed by atoms with Crippen molar-refractivity contribution in [2.75, 3.05) is 26.7 Å². The molecule has 1 fully saturated rings. The Morgan fingerprint density at radius 1 is 1.22 bits per heavy atom. The molecule has 0 saturated carbocycles. The van der Waals surface area contributed by atoms with Crippen molar-refractivity contribution in [3.05, 3.63) is 52.7 Å². The number of aliphatic imine (C=N–C) groups is 1. The van der Waals surface area contributed by atoms with Gasteiger partial charge in [0, 0.05) is 44.4 Å². The molecule has 3 rings (SSSR count). The summed E-state index contributed by atoms with van der Waals surface area (Å²) in [7, 11) is 1.87. The Kier molecular flexibility index (Phi) is 9.41. The molecule has 1 N–H and O–H groups in total. The number of hydrogen-bond donors (Lipinski definition) is 1. The van der Waals surface area contributed by atoms with Crippen molar-refractivity contribution in [3.63, 3.8) is 0 Å².